The Bertz CT molecular complexity index is 1180. The monoisotopic (exact) mass is 429 g/mol. The molecule has 0 bridgehead atoms. The maximum atomic E-state index is 13.6. The van der Waals surface area contributed by atoms with Gasteiger partial charge in [-0.2, -0.15) is 0 Å². The minimum atomic E-state index is -3.97. The van der Waals surface area contributed by atoms with Gasteiger partial charge in [-0.05, 0) is 37.6 Å². The summed E-state index contributed by atoms with van der Waals surface area (Å²) in [5.41, 5.74) is 1.78. The Labute approximate surface area is 174 Å². The number of methoxy groups -OCH3 is 1. The van der Waals surface area contributed by atoms with E-state index in [1.807, 2.05) is 19.1 Å². The predicted molar refractivity (Wildman–Crippen MR) is 111 cm³/mol. The van der Waals surface area contributed by atoms with Crippen LogP contribution in [0.1, 0.15) is 23.8 Å². The molecule has 1 N–H and O–H groups in total. The lowest BCUT2D eigenvalue weighted by atomic mass is 9.97. The zero-order chi connectivity index (χ0) is 21.5. The molecule has 30 heavy (non-hydrogen) atoms. The van der Waals surface area contributed by atoms with Crippen molar-refractivity contribution in [3.05, 3.63) is 65.9 Å². The third-order valence-corrected chi connectivity index (χ3v) is 7.23. The Balaban J connectivity index is 1.93. The van der Waals surface area contributed by atoms with E-state index in [1.165, 1.54) is 11.1 Å². The van der Waals surface area contributed by atoms with E-state index in [0.717, 1.165) is 5.56 Å². The van der Waals surface area contributed by atoms with Crippen molar-refractivity contribution in [3.63, 3.8) is 0 Å². The first kappa shape index (κ1) is 20.6. The standard InChI is InChI=1S/C22H23NO6S/c1-14-7-9-17(10-8-14)30(26,27)23-19-6-4-3-5-15(19)11-20(23)21-18(22(25)28-2)12-16(13-24)29-21/h3-11,16,18,21,24H,12-13H2,1-2H3/t16-,18?,21?/m1/s1. The summed E-state index contributed by atoms with van der Waals surface area (Å²) in [6, 6.07) is 15.4. The number of carbonyl (C=O) groups excluding carboxylic acids is 1. The lowest BCUT2D eigenvalue weighted by molar-refractivity contribution is -0.147. The molecule has 1 aliphatic heterocycles. The van der Waals surface area contributed by atoms with Gasteiger partial charge in [0.15, 0.2) is 0 Å². The number of ether oxygens (including phenoxy) is 2. The maximum absolute atomic E-state index is 13.6. The first-order valence-corrected chi connectivity index (χ1v) is 11.1. The van der Waals surface area contributed by atoms with Gasteiger partial charge >= 0.3 is 5.97 Å². The second-order valence-corrected chi connectivity index (χ2v) is 9.22. The molecular weight excluding hydrogens is 406 g/mol. The number of carbonyl (C=O) groups is 1. The van der Waals surface area contributed by atoms with Crippen LogP contribution in [-0.2, 0) is 24.3 Å². The molecule has 3 aromatic rings. The van der Waals surface area contributed by atoms with Gasteiger partial charge < -0.3 is 14.6 Å². The van der Waals surface area contributed by atoms with E-state index in [2.05, 4.69) is 0 Å². The molecule has 2 heterocycles. The van der Waals surface area contributed by atoms with E-state index < -0.39 is 34.1 Å². The minimum Gasteiger partial charge on any atom is -0.469 e. The van der Waals surface area contributed by atoms with Gasteiger partial charge in [-0.25, -0.2) is 12.4 Å². The molecule has 1 saturated heterocycles. The molecule has 0 amide bonds. The van der Waals surface area contributed by atoms with Gasteiger partial charge in [0.1, 0.15) is 6.10 Å². The van der Waals surface area contributed by atoms with Gasteiger partial charge in [-0.3, -0.25) is 4.79 Å². The fourth-order valence-corrected chi connectivity index (χ4v) is 5.51. The molecule has 0 radical (unpaired) electrons. The quantitative estimate of drug-likeness (QED) is 0.627. The number of esters is 1. The van der Waals surface area contributed by atoms with Crippen LogP contribution < -0.4 is 0 Å². The smallest absolute Gasteiger partial charge is 0.311 e. The summed E-state index contributed by atoms with van der Waals surface area (Å²) in [5, 5.41) is 10.3. The van der Waals surface area contributed by atoms with Crippen LogP contribution in [0.5, 0.6) is 0 Å². The molecule has 1 fully saturated rings. The second kappa shape index (κ2) is 7.86. The topological polar surface area (TPSA) is 94.8 Å². The van der Waals surface area contributed by atoms with Crippen LogP contribution in [-0.4, -0.2) is 43.3 Å². The molecular formula is C22H23NO6S. The van der Waals surface area contributed by atoms with Crippen molar-refractivity contribution in [2.75, 3.05) is 13.7 Å². The molecule has 0 spiro atoms. The SMILES string of the molecule is COC(=O)C1C[C@H](CO)OC1c1cc2ccccc2n1S(=O)(=O)c1ccc(C)cc1. The number of fused-ring (bicyclic) bond motifs is 1. The molecule has 3 atom stereocenters. The first-order valence-electron chi connectivity index (χ1n) is 9.63. The molecule has 7 nitrogen and oxygen atoms in total. The first-order chi connectivity index (χ1) is 14.4. The van der Waals surface area contributed by atoms with Crippen molar-refractivity contribution >= 4 is 26.9 Å². The van der Waals surface area contributed by atoms with Gasteiger partial charge in [-0.15, -0.1) is 0 Å². The van der Waals surface area contributed by atoms with Gasteiger partial charge in [-0.1, -0.05) is 35.9 Å². The molecule has 1 aliphatic rings. The van der Waals surface area contributed by atoms with Crippen molar-refractivity contribution in [2.24, 2.45) is 5.92 Å². The summed E-state index contributed by atoms with van der Waals surface area (Å²) in [6.45, 7) is 1.62. The van der Waals surface area contributed by atoms with E-state index in [0.29, 0.717) is 16.6 Å². The van der Waals surface area contributed by atoms with Crippen LogP contribution in [0.4, 0.5) is 0 Å². The van der Waals surface area contributed by atoms with Gasteiger partial charge in [0.05, 0.1) is 41.8 Å². The van der Waals surface area contributed by atoms with Crippen LogP contribution >= 0.6 is 0 Å². The largest absolute Gasteiger partial charge is 0.469 e. The number of rotatable bonds is 5. The molecule has 0 saturated carbocycles. The summed E-state index contributed by atoms with van der Waals surface area (Å²) < 4.78 is 39.4. The van der Waals surface area contributed by atoms with Crippen molar-refractivity contribution in [2.45, 2.75) is 30.4 Å². The van der Waals surface area contributed by atoms with Crippen LogP contribution in [0.3, 0.4) is 0 Å². The van der Waals surface area contributed by atoms with E-state index in [-0.39, 0.29) is 17.9 Å². The highest BCUT2D eigenvalue weighted by Gasteiger charge is 2.44. The van der Waals surface area contributed by atoms with Crippen LogP contribution in [0.2, 0.25) is 0 Å². The molecule has 2 aromatic carbocycles. The third kappa shape index (κ3) is 3.40. The lowest BCUT2D eigenvalue weighted by Gasteiger charge is -2.20. The van der Waals surface area contributed by atoms with Crippen molar-refractivity contribution in [1.82, 2.24) is 3.97 Å². The van der Waals surface area contributed by atoms with Crippen molar-refractivity contribution < 1.29 is 27.8 Å². The predicted octanol–water partition coefficient (Wildman–Crippen LogP) is 2.80. The Kier molecular flexibility index (Phi) is 5.40. The number of nitrogens with zero attached hydrogens (tertiary/aromatic N) is 1. The number of aliphatic hydroxyl groups is 1. The molecule has 4 rings (SSSR count). The average molecular weight is 429 g/mol. The number of hydrogen-bond donors (Lipinski definition) is 1. The number of benzene rings is 2. The number of aromatic nitrogens is 1. The van der Waals surface area contributed by atoms with Crippen LogP contribution in [0.25, 0.3) is 10.9 Å². The zero-order valence-electron chi connectivity index (χ0n) is 16.7. The zero-order valence-corrected chi connectivity index (χ0v) is 17.5. The molecule has 8 heteroatoms. The number of aliphatic hydroxyl groups excluding tert-OH is 1. The van der Waals surface area contributed by atoms with E-state index in [4.69, 9.17) is 9.47 Å². The molecule has 2 unspecified atom stereocenters. The van der Waals surface area contributed by atoms with E-state index in [9.17, 15) is 18.3 Å². The van der Waals surface area contributed by atoms with Crippen LogP contribution in [0, 0.1) is 12.8 Å². The van der Waals surface area contributed by atoms with Crippen LogP contribution in [0.15, 0.2) is 59.5 Å². The second-order valence-electron chi connectivity index (χ2n) is 7.44. The van der Waals surface area contributed by atoms with Gasteiger partial charge in [0.25, 0.3) is 10.0 Å². The number of para-hydroxylation sites is 1. The summed E-state index contributed by atoms with van der Waals surface area (Å²) in [5.74, 6) is -1.22. The summed E-state index contributed by atoms with van der Waals surface area (Å²) in [6.07, 6.45) is -1.19. The highest BCUT2D eigenvalue weighted by Crippen LogP contribution is 2.42. The van der Waals surface area contributed by atoms with E-state index >= 15 is 0 Å². The fraction of sp³-hybridized carbons (Fsp3) is 0.318. The van der Waals surface area contributed by atoms with Crippen molar-refractivity contribution in [1.29, 1.82) is 0 Å². The summed E-state index contributed by atoms with van der Waals surface area (Å²) in [4.78, 5) is 12.5. The Hall–Kier alpha value is -2.68. The lowest BCUT2D eigenvalue weighted by Crippen LogP contribution is -2.24. The number of hydrogen-bond acceptors (Lipinski definition) is 6. The average Bonchev–Trinajstić information content (AvgIpc) is 3.35. The molecule has 0 aliphatic carbocycles. The highest BCUT2D eigenvalue weighted by atomic mass is 32.2. The summed E-state index contributed by atoms with van der Waals surface area (Å²) >= 11 is 0. The molecule has 1 aromatic heterocycles. The Morgan fingerprint density at radius 2 is 1.90 bits per heavy atom. The third-order valence-electron chi connectivity index (χ3n) is 5.47. The van der Waals surface area contributed by atoms with Gasteiger partial charge in [0.2, 0.25) is 0 Å². The summed E-state index contributed by atoms with van der Waals surface area (Å²) in [7, 11) is -2.68. The Morgan fingerprint density at radius 3 is 2.57 bits per heavy atom. The Morgan fingerprint density at radius 1 is 1.20 bits per heavy atom. The van der Waals surface area contributed by atoms with E-state index in [1.54, 1.807) is 42.5 Å². The highest BCUT2D eigenvalue weighted by molar-refractivity contribution is 7.90. The van der Waals surface area contributed by atoms with Gasteiger partial charge in [0, 0.05) is 5.39 Å². The minimum absolute atomic E-state index is 0.141. The number of aryl methyl sites for hydroxylation is 1. The maximum Gasteiger partial charge on any atom is 0.311 e. The normalized spacial score (nSPS) is 21.8. The molecule has 158 valence electrons. The van der Waals surface area contributed by atoms with Crippen molar-refractivity contribution in [3.8, 4) is 0 Å². The fourth-order valence-electron chi connectivity index (χ4n) is 3.96.